The molecule has 58 heavy (non-hydrogen) atoms. The van der Waals surface area contributed by atoms with E-state index in [1.807, 2.05) is 47.5 Å². The molecular formula is C44H56F2N6O5S. The van der Waals surface area contributed by atoms with E-state index in [0.29, 0.717) is 56.6 Å². The largest absolute Gasteiger partial charge is 0.354 e. The van der Waals surface area contributed by atoms with E-state index in [1.165, 1.54) is 34.9 Å². The summed E-state index contributed by atoms with van der Waals surface area (Å²) in [6.45, 7) is 9.86. The number of amides is 5. The van der Waals surface area contributed by atoms with Crippen molar-refractivity contribution in [3.05, 3.63) is 95.8 Å². The third-order valence-corrected chi connectivity index (χ3v) is 11.3. The van der Waals surface area contributed by atoms with E-state index in [4.69, 9.17) is 0 Å². The number of thioether (sulfide) groups is 1. The van der Waals surface area contributed by atoms with Gasteiger partial charge in [0.05, 0.1) is 11.8 Å². The fourth-order valence-corrected chi connectivity index (χ4v) is 8.30. The molecular weight excluding hydrogens is 763 g/mol. The third-order valence-electron chi connectivity index (χ3n) is 10.4. The van der Waals surface area contributed by atoms with Gasteiger partial charge in [-0.1, -0.05) is 57.5 Å². The molecule has 0 bridgehead atoms. The standard InChI is InChI=1S/C44H56F2N6O5S/c1-44(2,3)43(37-24-33(35-25-34(45)13-14-36(35)46)29-50(37)27-31-10-6-4-7-11-31)52(28-32-17-19-47-26-32)42(57)30-58-23-18-39(54)49-21-20-48-38(53)12-8-5-9-22-51-40(55)15-16-41(51)56/h4,6-7,10-11,13-16,24-25,29,32,43,47H,5,8-9,12,17-23,26-28,30H2,1-3H3,(H,48,53)(H,49,54). The maximum Gasteiger partial charge on any atom is 0.253 e. The van der Waals surface area contributed by atoms with Gasteiger partial charge in [-0.05, 0) is 73.5 Å². The van der Waals surface area contributed by atoms with Crippen molar-refractivity contribution in [1.82, 2.24) is 30.3 Å². The van der Waals surface area contributed by atoms with Crippen molar-refractivity contribution in [3.8, 4) is 11.1 Å². The van der Waals surface area contributed by atoms with Gasteiger partial charge in [0.25, 0.3) is 11.8 Å². The van der Waals surface area contributed by atoms with Crippen LogP contribution in [0.15, 0.2) is 72.9 Å². The summed E-state index contributed by atoms with van der Waals surface area (Å²) in [4.78, 5) is 65.6. The molecule has 2 aliphatic heterocycles. The average molecular weight is 819 g/mol. The summed E-state index contributed by atoms with van der Waals surface area (Å²) < 4.78 is 31.6. The Kier molecular flexibility index (Phi) is 16.2. The van der Waals surface area contributed by atoms with Gasteiger partial charge in [-0.25, -0.2) is 8.78 Å². The predicted molar refractivity (Wildman–Crippen MR) is 223 cm³/mol. The Morgan fingerprint density at radius 2 is 1.64 bits per heavy atom. The molecule has 0 radical (unpaired) electrons. The molecule has 14 heteroatoms. The second kappa shape index (κ2) is 21.3. The number of imide groups is 1. The smallest absolute Gasteiger partial charge is 0.253 e. The SMILES string of the molecule is CC(C)(C)C(c1cc(-c2cc(F)ccc2F)cn1Cc1ccccc1)N(CC1CCNC1)C(=O)CSCCC(=O)NCCNC(=O)CCCCCN1C(=O)C=CC1=O. The number of aromatic nitrogens is 1. The molecule has 1 fully saturated rings. The minimum Gasteiger partial charge on any atom is -0.354 e. The van der Waals surface area contributed by atoms with Gasteiger partial charge in [0, 0.05) is 86.5 Å². The zero-order valence-electron chi connectivity index (χ0n) is 33.7. The lowest BCUT2D eigenvalue weighted by Gasteiger charge is -2.42. The van der Waals surface area contributed by atoms with Crippen molar-refractivity contribution in [3.63, 3.8) is 0 Å². The van der Waals surface area contributed by atoms with Crippen LogP contribution in [-0.4, -0.2) is 94.7 Å². The van der Waals surface area contributed by atoms with Gasteiger partial charge >= 0.3 is 0 Å². The molecule has 5 rings (SSSR count). The van der Waals surface area contributed by atoms with E-state index in [1.54, 1.807) is 0 Å². The summed E-state index contributed by atoms with van der Waals surface area (Å²) in [5.41, 5.74) is 2.11. The summed E-state index contributed by atoms with van der Waals surface area (Å²) in [6.07, 6.45) is 7.78. The molecule has 2 aromatic carbocycles. The number of carbonyl (C=O) groups excluding carboxylic acids is 5. The number of halogens is 2. The molecule has 3 N–H and O–H groups in total. The quantitative estimate of drug-likeness (QED) is 0.0909. The van der Waals surface area contributed by atoms with Crippen molar-refractivity contribution < 1.29 is 32.8 Å². The molecule has 3 aromatic rings. The Bertz CT molecular complexity index is 1910. The van der Waals surface area contributed by atoms with E-state index in [2.05, 4.69) is 41.3 Å². The fraction of sp³-hybridized carbons (Fsp3) is 0.477. The van der Waals surface area contributed by atoms with Gasteiger partial charge in [-0.15, -0.1) is 0 Å². The van der Waals surface area contributed by atoms with Crippen LogP contribution < -0.4 is 16.0 Å². The first-order valence-corrected chi connectivity index (χ1v) is 21.3. The third kappa shape index (κ3) is 12.8. The fourth-order valence-electron chi connectivity index (χ4n) is 7.48. The van der Waals surface area contributed by atoms with E-state index < -0.39 is 23.1 Å². The molecule has 3 heterocycles. The van der Waals surface area contributed by atoms with Crippen LogP contribution in [-0.2, 0) is 30.5 Å². The van der Waals surface area contributed by atoms with E-state index in [0.717, 1.165) is 42.9 Å². The van der Waals surface area contributed by atoms with E-state index >= 15 is 4.39 Å². The molecule has 0 spiro atoms. The molecule has 0 aliphatic carbocycles. The number of carbonyl (C=O) groups is 5. The maximum atomic E-state index is 15.2. The van der Waals surface area contributed by atoms with Gasteiger partial charge < -0.3 is 25.4 Å². The Labute approximate surface area is 344 Å². The Balaban J connectivity index is 1.16. The van der Waals surface area contributed by atoms with Crippen molar-refractivity contribution in [1.29, 1.82) is 0 Å². The Hall–Kier alpha value is -4.82. The molecule has 11 nitrogen and oxygen atoms in total. The first kappa shape index (κ1) is 44.3. The first-order valence-electron chi connectivity index (χ1n) is 20.1. The lowest BCUT2D eigenvalue weighted by Crippen LogP contribution is -2.45. The predicted octanol–water partition coefficient (Wildman–Crippen LogP) is 5.85. The summed E-state index contributed by atoms with van der Waals surface area (Å²) in [5, 5.41) is 9.04. The van der Waals surface area contributed by atoms with Crippen LogP contribution in [0.1, 0.15) is 76.6 Å². The number of hydrogen-bond donors (Lipinski definition) is 3. The number of hydrogen-bond acceptors (Lipinski definition) is 7. The van der Waals surface area contributed by atoms with Crippen LogP contribution in [0, 0.1) is 23.0 Å². The highest BCUT2D eigenvalue weighted by molar-refractivity contribution is 7.99. The molecule has 312 valence electrons. The number of nitrogens with one attached hydrogen (secondary N) is 3. The minimum atomic E-state index is -0.532. The van der Waals surface area contributed by atoms with Gasteiger partial charge in [-0.2, -0.15) is 11.8 Å². The first-order chi connectivity index (χ1) is 27.8. The topological polar surface area (TPSA) is 133 Å². The van der Waals surface area contributed by atoms with Gasteiger partial charge in [0.2, 0.25) is 17.7 Å². The number of nitrogens with zero attached hydrogens (tertiary/aromatic N) is 3. The second-order valence-corrected chi connectivity index (χ2v) is 17.1. The van der Waals surface area contributed by atoms with Crippen molar-refractivity contribution in [2.45, 2.75) is 71.9 Å². The van der Waals surface area contributed by atoms with Crippen molar-refractivity contribution in [2.75, 3.05) is 50.8 Å². The number of rotatable bonds is 21. The Morgan fingerprint density at radius 3 is 2.31 bits per heavy atom. The van der Waals surface area contributed by atoms with Crippen LogP contribution >= 0.6 is 11.8 Å². The molecule has 5 amide bonds. The Morgan fingerprint density at radius 1 is 0.931 bits per heavy atom. The highest BCUT2D eigenvalue weighted by atomic mass is 32.2. The van der Waals surface area contributed by atoms with Gasteiger partial charge in [0.15, 0.2) is 0 Å². The van der Waals surface area contributed by atoms with Crippen LogP contribution in [0.5, 0.6) is 0 Å². The highest BCUT2D eigenvalue weighted by Crippen LogP contribution is 2.42. The molecule has 1 saturated heterocycles. The zero-order valence-corrected chi connectivity index (χ0v) is 34.6. The molecule has 2 aliphatic rings. The molecule has 1 aromatic heterocycles. The maximum absolute atomic E-state index is 15.2. The summed E-state index contributed by atoms with van der Waals surface area (Å²) in [5.74, 6) is -1.17. The summed E-state index contributed by atoms with van der Waals surface area (Å²) in [7, 11) is 0. The van der Waals surface area contributed by atoms with Crippen LogP contribution in [0.4, 0.5) is 8.78 Å². The van der Waals surface area contributed by atoms with Gasteiger partial charge in [-0.3, -0.25) is 28.9 Å². The summed E-state index contributed by atoms with van der Waals surface area (Å²) in [6, 6.07) is 14.8. The van der Waals surface area contributed by atoms with E-state index in [9.17, 15) is 28.4 Å². The summed E-state index contributed by atoms with van der Waals surface area (Å²) >= 11 is 1.40. The highest BCUT2D eigenvalue weighted by Gasteiger charge is 2.38. The second-order valence-electron chi connectivity index (χ2n) is 16.0. The normalized spacial score (nSPS) is 15.9. The zero-order chi connectivity index (χ0) is 41.7. The van der Waals surface area contributed by atoms with Gasteiger partial charge in [0.1, 0.15) is 11.6 Å². The van der Waals surface area contributed by atoms with Crippen molar-refractivity contribution >= 4 is 41.3 Å². The number of unbranched alkanes of at least 4 members (excludes halogenated alkanes) is 2. The lowest BCUT2D eigenvalue weighted by atomic mass is 9.82. The molecule has 0 saturated carbocycles. The monoisotopic (exact) mass is 818 g/mol. The van der Waals surface area contributed by atoms with Crippen molar-refractivity contribution in [2.24, 2.45) is 11.3 Å². The van der Waals surface area contributed by atoms with Crippen LogP contribution in [0.3, 0.4) is 0 Å². The van der Waals surface area contributed by atoms with E-state index in [-0.39, 0.29) is 66.3 Å². The van der Waals surface area contributed by atoms with Crippen LogP contribution in [0.25, 0.3) is 11.1 Å². The minimum absolute atomic E-state index is 0.0547. The number of benzene rings is 2. The average Bonchev–Trinajstić information content (AvgIpc) is 3.93. The van der Waals surface area contributed by atoms with Crippen LogP contribution in [0.2, 0.25) is 0 Å². The lowest BCUT2D eigenvalue weighted by molar-refractivity contribution is -0.137. The molecule has 2 unspecified atom stereocenters. The molecule has 2 atom stereocenters.